The van der Waals surface area contributed by atoms with Crippen molar-refractivity contribution in [1.82, 2.24) is 9.80 Å². The molecule has 6 bridgehead atoms. The first-order valence-corrected chi connectivity index (χ1v) is 18.9. The van der Waals surface area contributed by atoms with E-state index in [0.717, 1.165) is 62.2 Å². The van der Waals surface area contributed by atoms with Crippen LogP contribution in [0.3, 0.4) is 0 Å². The molecule has 0 N–H and O–H groups in total. The Labute approximate surface area is 260 Å². The molecule has 43 heavy (non-hydrogen) atoms. The van der Waals surface area contributed by atoms with Crippen molar-refractivity contribution >= 4 is 20.3 Å². The maximum atomic E-state index is 14.2. The smallest absolute Gasteiger partial charge is 0.411 e. The fourth-order valence-electron chi connectivity index (χ4n) is 9.10. The standard InChI is InChI=1S/C35H54N2O5Si/c1-23(2)43(24(3)4,25(5)6)40-21-26-20-35-22-36-17-15-13-11-10-12-14-16-27-18-28(29(35)19-30(36)38)31(41-27)32(35)37(26)33(39)42-34(7,8)9/h18,23-26,29,32H,11,13-17,19-22H2,1-9H3/t26-,29?,32-,35+/m1/s1. The van der Waals surface area contributed by atoms with Gasteiger partial charge in [-0.25, -0.2) is 4.79 Å². The Bertz CT molecular complexity index is 1250. The summed E-state index contributed by atoms with van der Waals surface area (Å²) in [6.45, 7) is 21.4. The van der Waals surface area contributed by atoms with E-state index in [1.54, 1.807) is 0 Å². The molecule has 4 aliphatic heterocycles. The van der Waals surface area contributed by atoms with E-state index in [1.807, 2.05) is 25.7 Å². The Morgan fingerprint density at radius 1 is 1.09 bits per heavy atom. The third-order valence-corrected chi connectivity index (χ3v) is 16.7. The molecule has 2 saturated heterocycles. The minimum absolute atomic E-state index is 0.0159. The minimum atomic E-state index is -2.19. The molecule has 1 aliphatic carbocycles. The summed E-state index contributed by atoms with van der Waals surface area (Å²) in [7, 11) is -2.19. The summed E-state index contributed by atoms with van der Waals surface area (Å²) in [6.07, 6.45) is 5.17. The molecule has 1 aromatic rings. The number of carbonyl (C=O) groups is 2. The SMILES string of the molecule is CC(C)[Si](OC[C@H]1C[C@@]23CN4CCCCC#CCCc5cc(c(o5)[C@H]2N1C(=O)OC(C)(C)C)C3CC4=O)(C(C)C)C(C)C. The summed E-state index contributed by atoms with van der Waals surface area (Å²) in [6, 6.07) is 1.72. The van der Waals surface area contributed by atoms with Crippen molar-refractivity contribution in [2.75, 3.05) is 19.7 Å². The van der Waals surface area contributed by atoms with Crippen LogP contribution in [-0.2, 0) is 20.4 Å². The Hall–Kier alpha value is -2.24. The van der Waals surface area contributed by atoms with Crippen molar-refractivity contribution in [1.29, 1.82) is 0 Å². The lowest BCUT2D eigenvalue weighted by atomic mass is 9.68. The number of hydrogen-bond donors (Lipinski definition) is 0. The summed E-state index contributed by atoms with van der Waals surface area (Å²) in [5, 5.41) is 0. The predicted octanol–water partition coefficient (Wildman–Crippen LogP) is 7.96. The second-order valence-electron chi connectivity index (χ2n) is 15.4. The fraction of sp³-hybridized carbons (Fsp3) is 0.771. The first kappa shape index (κ1) is 32.2. The van der Waals surface area contributed by atoms with Crippen LogP contribution in [0.4, 0.5) is 4.79 Å². The molecule has 1 spiro atoms. The lowest BCUT2D eigenvalue weighted by Crippen LogP contribution is -2.51. The number of nitrogens with zero attached hydrogens (tertiary/aromatic N) is 2. The van der Waals surface area contributed by atoms with Gasteiger partial charge in [-0.3, -0.25) is 9.69 Å². The van der Waals surface area contributed by atoms with E-state index < -0.39 is 13.9 Å². The molecule has 2 fully saturated rings. The van der Waals surface area contributed by atoms with Crippen LogP contribution < -0.4 is 0 Å². The van der Waals surface area contributed by atoms with Gasteiger partial charge >= 0.3 is 6.09 Å². The van der Waals surface area contributed by atoms with Crippen LogP contribution in [0.1, 0.15) is 130 Å². The largest absolute Gasteiger partial charge is 0.464 e. The van der Waals surface area contributed by atoms with Crippen LogP contribution in [0.25, 0.3) is 0 Å². The lowest BCUT2D eigenvalue weighted by Gasteiger charge is -2.45. The van der Waals surface area contributed by atoms with Gasteiger partial charge in [-0.1, -0.05) is 41.5 Å². The number of ether oxygens (including phenoxy) is 1. The molecular formula is C35H54N2O5Si. The molecule has 1 aromatic heterocycles. The van der Waals surface area contributed by atoms with Gasteiger partial charge in [-0.2, -0.15) is 0 Å². The fourth-order valence-corrected chi connectivity index (χ4v) is 14.6. The van der Waals surface area contributed by atoms with Gasteiger partial charge in [0.1, 0.15) is 23.2 Å². The molecule has 5 aliphatic rings. The molecule has 238 valence electrons. The van der Waals surface area contributed by atoms with E-state index >= 15 is 0 Å². The van der Waals surface area contributed by atoms with Crippen LogP contribution in [0.15, 0.2) is 10.5 Å². The molecule has 7 nitrogen and oxygen atoms in total. The number of amides is 2. The van der Waals surface area contributed by atoms with E-state index in [0.29, 0.717) is 36.2 Å². The van der Waals surface area contributed by atoms with Crippen molar-refractivity contribution in [3.05, 3.63) is 23.2 Å². The van der Waals surface area contributed by atoms with E-state index in [1.165, 1.54) is 0 Å². The van der Waals surface area contributed by atoms with Gasteiger partial charge in [0.15, 0.2) is 8.32 Å². The van der Waals surface area contributed by atoms with Gasteiger partial charge in [0, 0.05) is 55.7 Å². The van der Waals surface area contributed by atoms with Gasteiger partial charge < -0.3 is 18.5 Å². The molecule has 0 saturated carbocycles. The average molecular weight is 611 g/mol. The third-order valence-electron chi connectivity index (χ3n) is 10.6. The summed E-state index contributed by atoms with van der Waals surface area (Å²) >= 11 is 0. The Morgan fingerprint density at radius 3 is 2.42 bits per heavy atom. The highest BCUT2D eigenvalue weighted by molar-refractivity contribution is 6.77. The van der Waals surface area contributed by atoms with Gasteiger partial charge in [-0.05, 0) is 62.7 Å². The molecule has 1 unspecified atom stereocenters. The van der Waals surface area contributed by atoms with Crippen LogP contribution in [0.5, 0.6) is 0 Å². The number of likely N-dealkylation sites (tertiary alicyclic amines) is 1. The van der Waals surface area contributed by atoms with Crippen LogP contribution in [0, 0.1) is 17.3 Å². The highest BCUT2D eigenvalue weighted by atomic mass is 28.4. The van der Waals surface area contributed by atoms with Crippen molar-refractivity contribution < 1.29 is 23.2 Å². The normalized spacial score (nSPS) is 27.5. The number of aryl methyl sites for hydroxylation is 1. The summed E-state index contributed by atoms with van der Waals surface area (Å²) < 4.78 is 20.0. The average Bonchev–Trinajstić information content (AvgIpc) is 3.50. The van der Waals surface area contributed by atoms with Gasteiger partial charge in [0.25, 0.3) is 0 Å². The molecular weight excluding hydrogens is 556 g/mol. The quantitative estimate of drug-likeness (QED) is 0.241. The van der Waals surface area contributed by atoms with E-state index in [9.17, 15) is 9.59 Å². The second kappa shape index (κ2) is 11.9. The lowest BCUT2D eigenvalue weighted by molar-refractivity contribution is -0.139. The number of fused-ring (bicyclic) bond motifs is 7. The van der Waals surface area contributed by atoms with Crippen molar-refractivity contribution in [3.63, 3.8) is 0 Å². The number of rotatable bonds is 6. The molecule has 5 heterocycles. The molecule has 8 heteroatoms. The molecule has 2 amide bonds. The van der Waals surface area contributed by atoms with Crippen LogP contribution in [-0.4, -0.2) is 61.5 Å². The van der Waals surface area contributed by atoms with E-state index in [-0.39, 0.29) is 35.4 Å². The highest BCUT2D eigenvalue weighted by Gasteiger charge is 2.67. The summed E-state index contributed by atoms with van der Waals surface area (Å²) in [5.41, 5.74) is 1.48. The zero-order chi connectivity index (χ0) is 31.3. The predicted molar refractivity (Wildman–Crippen MR) is 171 cm³/mol. The number of carbonyl (C=O) groups excluding carboxylic acids is 2. The highest BCUT2D eigenvalue weighted by Crippen LogP contribution is 2.67. The first-order valence-electron chi connectivity index (χ1n) is 16.7. The maximum Gasteiger partial charge on any atom is 0.411 e. The number of furan rings is 1. The zero-order valence-corrected chi connectivity index (χ0v) is 29.0. The Balaban J connectivity index is 1.60. The minimum Gasteiger partial charge on any atom is -0.464 e. The van der Waals surface area contributed by atoms with Crippen molar-refractivity contribution in [3.8, 4) is 11.8 Å². The second-order valence-corrected chi connectivity index (χ2v) is 20.9. The van der Waals surface area contributed by atoms with Gasteiger partial charge in [0.05, 0.1) is 12.6 Å². The number of hydrogen-bond acceptors (Lipinski definition) is 5. The van der Waals surface area contributed by atoms with E-state index in [4.69, 9.17) is 13.6 Å². The molecule has 4 atom stereocenters. The van der Waals surface area contributed by atoms with E-state index in [2.05, 4.69) is 64.3 Å². The van der Waals surface area contributed by atoms with Gasteiger partial charge in [0.2, 0.25) is 5.91 Å². The first-order chi connectivity index (χ1) is 20.2. The zero-order valence-electron chi connectivity index (χ0n) is 28.0. The monoisotopic (exact) mass is 610 g/mol. The Morgan fingerprint density at radius 2 is 1.77 bits per heavy atom. The van der Waals surface area contributed by atoms with Gasteiger partial charge in [-0.15, -0.1) is 11.8 Å². The molecule has 6 rings (SSSR count). The van der Waals surface area contributed by atoms with Crippen molar-refractivity contribution in [2.45, 2.75) is 147 Å². The van der Waals surface area contributed by atoms with Crippen LogP contribution in [0.2, 0.25) is 16.6 Å². The third kappa shape index (κ3) is 5.70. The maximum absolute atomic E-state index is 14.2. The summed E-state index contributed by atoms with van der Waals surface area (Å²) in [5.74, 6) is 8.58. The molecule has 0 radical (unpaired) electrons. The Kier molecular flexibility index (Phi) is 8.92. The summed E-state index contributed by atoms with van der Waals surface area (Å²) in [4.78, 5) is 31.9. The van der Waals surface area contributed by atoms with Crippen molar-refractivity contribution in [2.24, 2.45) is 5.41 Å². The van der Waals surface area contributed by atoms with Crippen LogP contribution >= 0.6 is 0 Å². The molecule has 0 aromatic carbocycles. The number of piperidine rings is 1. The topological polar surface area (TPSA) is 72.2 Å².